The summed E-state index contributed by atoms with van der Waals surface area (Å²) in [4.78, 5) is 30.8. The number of halogens is 1. The van der Waals surface area contributed by atoms with Crippen molar-refractivity contribution in [2.45, 2.75) is 24.6 Å². The lowest BCUT2D eigenvalue weighted by Crippen LogP contribution is -2.12. The molecule has 1 atom stereocenters. The molecule has 0 aliphatic carbocycles. The van der Waals surface area contributed by atoms with Crippen molar-refractivity contribution in [1.29, 1.82) is 0 Å². The van der Waals surface area contributed by atoms with Crippen LogP contribution in [0.2, 0.25) is 0 Å². The Bertz CT molecular complexity index is 1660. The topological polar surface area (TPSA) is 66.1 Å². The molecule has 0 radical (unpaired) electrons. The van der Waals surface area contributed by atoms with Gasteiger partial charge in [-0.25, -0.2) is 4.39 Å². The zero-order valence-corrected chi connectivity index (χ0v) is 21.5. The monoisotopic (exact) mass is 525 g/mol. The summed E-state index contributed by atoms with van der Waals surface area (Å²) in [5.41, 5.74) is 5.61. The van der Waals surface area contributed by atoms with E-state index in [9.17, 15) is 14.0 Å². The van der Waals surface area contributed by atoms with Crippen LogP contribution in [0.15, 0.2) is 85.5 Å². The molecule has 3 aromatic heterocycles. The average molecular weight is 526 g/mol. The van der Waals surface area contributed by atoms with Gasteiger partial charge in [-0.15, -0.1) is 11.8 Å². The van der Waals surface area contributed by atoms with Gasteiger partial charge < -0.3 is 13.9 Å². The van der Waals surface area contributed by atoms with Crippen LogP contribution in [0.5, 0.6) is 0 Å². The molecule has 1 aliphatic heterocycles. The lowest BCUT2D eigenvalue weighted by molar-refractivity contribution is -0.143. The van der Waals surface area contributed by atoms with Gasteiger partial charge in [0.15, 0.2) is 5.78 Å². The van der Waals surface area contributed by atoms with E-state index < -0.39 is 0 Å². The molecule has 0 fully saturated rings. The first-order valence-electron chi connectivity index (χ1n) is 12.3. The smallest absolute Gasteiger partial charge is 0.325 e. The number of ketones is 1. The van der Waals surface area contributed by atoms with Crippen molar-refractivity contribution in [3.05, 3.63) is 114 Å². The van der Waals surface area contributed by atoms with Gasteiger partial charge >= 0.3 is 5.97 Å². The number of fused-ring (bicyclic) bond motifs is 2. The van der Waals surface area contributed by atoms with Crippen molar-refractivity contribution in [2.24, 2.45) is 0 Å². The Hall–Kier alpha value is -4.17. The largest absolute Gasteiger partial charge is 0.465 e. The van der Waals surface area contributed by atoms with E-state index in [0.29, 0.717) is 11.1 Å². The molecule has 0 bridgehead atoms. The average Bonchev–Trinajstić information content (AvgIpc) is 3.63. The van der Waals surface area contributed by atoms with E-state index in [1.807, 2.05) is 48.8 Å². The lowest BCUT2D eigenvalue weighted by atomic mass is 9.98. The van der Waals surface area contributed by atoms with E-state index in [0.717, 1.165) is 39.2 Å². The van der Waals surface area contributed by atoms with Crippen LogP contribution in [0.1, 0.15) is 39.4 Å². The minimum absolute atomic E-state index is 0.00982. The van der Waals surface area contributed by atoms with Crippen LogP contribution in [0.3, 0.4) is 0 Å². The maximum absolute atomic E-state index is 14.1. The summed E-state index contributed by atoms with van der Waals surface area (Å²) < 4.78 is 22.6. The Morgan fingerprint density at radius 1 is 1.08 bits per heavy atom. The normalized spacial score (nSPS) is 14.5. The Morgan fingerprint density at radius 2 is 1.89 bits per heavy atom. The number of aromatic nitrogens is 3. The number of nitrogens with zero attached hydrogens (tertiary/aromatic N) is 3. The number of pyridine rings is 1. The van der Waals surface area contributed by atoms with Crippen LogP contribution in [0, 0.1) is 5.82 Å². The first kappa shape index (κ1) is 24.2. The molecule has 0 saturated carbocycles. The molecule has 0 amide bonds. The molecule has 0 saturated heterocycles. The van der Waals surface area contributed by atoms with Crippen molar-refractivity contribution in [3.63, 3.8) is 0 Å². The second-order valence-corrected chi connectivity index (χ2v) is 10.2. The summed E-state index contributed by atoms with van der Waals surface area (Å²) in [6.07, 6.45) is 7.28. The Kier molecular flexibility index (Phi) is 6.33. The molecule has 0 N–H and O–H groups in total. The molecule has 4 heterocycles. The number of carbonyl (C=O) groups is 2. The van der Waals surface area contributed by atoms with Gasteiger partial charge in [-0.1, -0.05) is 30.3 Å². The molecule has 8 heteroatoms. The third kappa shape index (κ3) is 4.31. The predicted molar refractivity (Wildman–Crippen MR) is 146 cm³/mol. The molecule has 0 spiro atoms. The number of thioether (sulfide) groups is 1. The van der Waals surface area contributed by atoms with Gasteiger partial charge in [0.1, 0.15) is 12.4 Å². The molecule has 1 unspecified atom stereocenters. The van der Waals surface area contributed by atoms with Crippen LogP contribution in [0.4, 0.5) is 4.39 Å². The summed E-state index contributed by atoms with van der Waals surface area (Å²) >= 11 is 1.76. The Balaban J connectivity index is 1.45. The van der Waals surface area contributed by atoms with Gasteiger partial charge in [0.2, 0.25) is 0 Å². The van der Waals surface area contributed by atoms with Crippen molar-refractivity contribution < 1.29 is 18.7 Å². The van der Waals surface area contributed by atoms with E-state index in [4.69, 9.17) is 4.74 Å². The number of hydrogen-bond donors (Lipinski definition) is 0. The van der Waals surface area contributed by atoms with E-state index in [1.165, 1.54) is 12.1 Å². The molecule has 2 aromatic carbocycles. The van der Waals surface area contributed by atoms with Crippen LogP contribution in [0.25, 0.3) is 22.0 Å². The highest BCUT2D eigenvalue weighted by atomic mass is 32.2. The molecule has 190 valence electrons. The number of hydrogen-bond acceptors (Lipinski definition) is 5. The van der Waals surface area contributed by atoms with E-state index in [-0.39, 0.29) is 36.0 Å². The second-order valence-electron chi connectivity index (χ2n) is 9.09. The molecular weight excluding hydrogens is 501 g/mol. The zero-order chi connectivity index (χ0) is 26.2. The van der Waals surface area contributed by atoms with Crippen molar-refractivity contribution in [2.75, 3.05) is 6.61 Å². The minimum Gasteiger partial charge on any atom is -0.465 e. The standard InChI is InChI=1S/C30H24FN3O3S/c1-2-37-27(35)17-34-16-25(23-10-7-20(14-26(23)34)19-5-8-22(31)9-6-19)29(36)24-11-13-33-18-38-30(28(24)33)21-4-3-12-32-15-21/h3-16,30H,2,17-18H2,1H3. The number of ether oxygens (including phenoxy) is 1. The molecular formula is C30H24FN3O3S. The zero-order valence-electron chi connectivity index (χ0n) is 20.6. The van der Waals surface area contributed by atoms with Gasteiger partial charge in [0, 0.05) is 52.5 Å². The quantitative estimate of drug-likeness (QED) is 0.186. The van der Waals surface area contributed by atoms with E-state index >= 15 is 0 Å². The minimum atomic E-state index is -0.381. The van der Waals surface area contributed by atoms with Gasteiger partial charge in [0.05, 0.1) is 17.7 Å². The van der Waals surface area contributed by atoms with Gasteiger partial charge in [0.25, 0.3) is 0 Å². The van der Waals surface area contributed by atoms with Crippen LogP contribution in [-0.2, 0) is 22.0 Å². The highest BCUT2D eigenvalue weighted by Crippen LogP contribution is 2.45. The predicted octanol–water partition coefficient (Wildman–Crippen LogP) is 6.23. The fourth-order valence-electron chi connectivity index (χ4n) is 5.02. The molecule has 1 aliphatic rings. The summed E-state index contributed by atoms with van der Waals surface area (Å²) in [6.45, 7) is 2.01. The summed E-state index contributed by atoms with van der Waals surface area (Å²) in [6, 6.07) is 17.8. The highest BCUT2D eigenvalue weighted by molar-refractivity contribution is 7.99. The lowest BCUT2D eigenvalue weighted by Gasteiger charge is -2.11. The van der Waals surface area contributed by atoms with Gasteiger partial charge in [-0.05, 0) is 53.9 Å². The number of rotatable bonds is 7. The summed E-state index contributed by atoms with van der Waals surface area (Å²) in [5, 5.41) is 0.754. The van der Waals surface area contributed by atoms with E-state index in [2.05, 4.69) is 9.55 Å². The fourth-order valence-corrected chi connectivity index (χ4v) is 6.30. The number of carbonyl (C=O) groups excluding carboxylic acids is 2. The highest BCUT2D eigenvalue weighted by Gasteiger charge is 2.32. The van der Waals surface area contributed by atoms with Gasteiger partial charge in [-0.3, -0.25) is 14.6 Å². The maximum atomic E-state index is 14.1. The van der Waals surface area contributed by atoms with Crippen molar-refractivity contribution in [1.82, 2.24) is 14.1 Å². The van der Waals surface area contributed by atoms with E-state index in [1.54, 1.807) is 47.8 Å². The van der Waals surface area contributed by atoms with Crippen LogP contribution >= 0.6 is 11.8 Å². The molecule has 5 aromatic rings. The first-order chi connectivity index (χ1) is 18.5. The SMILES string of the molecule is CCOC(=O)Cn1cc(C(=O)c2ccn3c2C(c2cccnc2)SC3)c2ccc(-c3ccc(F)cc3)cc21. The van der Waals surface area contributed by atoms with Crippen molar-refractivity contribution >= 4 is 34.4 Å². The van der Waals surface area contributed by atoms with Gasteiger partial charge in [-0.2, -0.15) is 0 Å². The Labute approximate surface area is 223 Å². The summed E-state index contributed by atoms with van der Waals surface area (Å²) in [7, 11) is 0. The van der Waals surface area contributed by atoms with Crippen LogP contribution in [-0.4, -0.2) is 32.5 Å². The number of esters is 1. The third-order valence-electron chi connectivity index (χ3n) is 6.78. The summed E-state index contributed by atoms with van der Waals surface area (Å²) in [5.74, 6) is -0.0321. The third-order valence-corrected chi connectivity index (χ3v) is 8.03. The van der Waals surface area contributed by atoms with Crippen molar-refractivity contribution in [3.8, 4) is 11.1 Å². The van der Waals surface area contributed by atoms with Crippen LogP contribution < -0.4 is 0 Å². The fraction of sp³-hybridized carbons (Fsp3) is 0.167. The second kappa shape index (κ2) is 9.95. The molecule has 38 heavy (non-hydrogen) atoms. The number of benzene rings is 2. The molecule has 6 rings (SSSR count). The molecule has 6 nitrogen and oxygen atoms in total. The Morgan fingerprint density at radius 3 is 2.66 bits per heavy atom. The first-order valence-corrected chi connectivity index (χ1v) is 13.4. The maximum Gasteiger partial charge on any atom is 0.325 e.